The summed E-state index contributed by atoms with van der Waals surface area (Å²) < 4.78 is 11.3. The number of benzene rings is 1. The van der Waals surface area contributed by atoms with Gasteiger partial charge in [-0.05, 0) is 30.5 Å². The second-order valence-electron chi connectivity index (χ2n) is 4.64. The van der Waals surface area contributed by atoms with E-state index in [0.29, 0.717) is 18.0 Å². The molecule has 0 aliphatic heterocycles. The molecule has 0 saturated heterocycles. The average molecular weight is 329 g/mol. The van der Waals surface area contributed by atoms with Crippen molar-refractivity contribution in [3.05, 3.63) is 22.2 Å². The van der Waals surface area contributed by atoms with Gasteiger partial charge < -0.3 is 20.5 Å². The van der Waals surface area contributed by atoms with Crippen molar-refractivity contribution in [2.45, 2.75) is 24.9 Å². The Morgan fingerprint density at radius 2 is 1.95 bits per heavy atom. The summed E-state index contributed by atoms with van der Waals surface area (Å²) in [4.78, 5) is 11.8. The van der Waals surface area contributed by atoms with Crippen LogP contribution in [0.15, 0.2) is 16.6 Å². The fourth-order valence-electron chi connectivity index (χ4n) is 1.75. The molecule has 6 heteroatoms. The first-order valence-corrected chi connectivity index (χ1v) is 6.77. The van der Waals surface area contributed by atoms with E-state index in [1.54, 1.807) is 14.2 Å². The lowest BCUT2D eigenvalue weighted by molar-refractivity contribution is -0.123. The molecule has 1 aromatic rings. The molecule has 104 valence electrons. The summed E-state index contributed by atoms with van der Waals surface area (Å²) in [7, 11) is 3.16. The minimum Gasteiger partial charge on any atom is -0.493 e. The first-order chi connectivity index (χ1) is 9.00. The largest absolute Gasteiger partial charge is 0.493 e. The number of hydrogen-bond acceptors (Lipinski definition) is 4. The second kappa shape index (κ2) is 5.38. The SMILES string of the molecule is COc1cc(Br)c(CNC(=O)C2(N)CC2)cc1OC. The van der Waals surface area contributed by atoms with Crippen molar-refractivity contribution in [2.75, 3.05) is 14.2 Å². The van der Waals surface area contributed by atoms with Gasteiger partial charge in [0.05, 0.1) is 19.8 Å². The number of nitrogens with one attached hydrogen (secondary N) is 1. The van der Waals surface area contributed by atoms with E-state index < -0.39 is 5.54 Å². The monoisotopic (exact) mass is 328 g/mol. The van der Waals surface area contributed by atoms with Crippen LogP contribution in [0.2, 0.25) is 0 Å². The first-order valence-electron chi connectivity index (χ1n) is 5.98. The molecule has 19 heavy (non-hydrogen) atoms. The van der Waals surface area contributed by atoms with Crippen LogP contribution >= 0.6 is 15.9 Å². The second-order valence-corrected chi connectivity index (χ2v) is 5.49. The molecule has 0 aromatic heterocycles. The lowest BCUT2D eigenvalue weighted by atomic mass is 10.2. The molecule has 1 aliphatic rings. The summed E-state index contributed by atoms with van der Waals surface area (Å²) in [5.74, 6) is 1.17. The standard InChI is InChI=1S/C13H17BrN2O3/c1-18-10-5-8(9(14)6-11(10)19-2)7-16-12(17)13(15)3-4-13/h5-6H,3-4,7,15H2,1-2H3,(H,16,17). The topological polar surface area (TPSA) is 73.6 Å². The summed E-state index contributed by atoms with van der Waals surface area (Å²) >= 11 is 3.45. The quantitative estimate of drug-likeness (QED) is 0.860. The van der Waals surface area contributed by atoms with Gasteiger partial charge in [-0.3, -0.25) is 4.79 Å². The molecular weight excluding hydrogens is 312 g/mol. The Morgan fingerprint density at radius 3 is 2.47 bits per heavy atom. The summed E-state index contributed by atoms with van der Waals surface area (Å²) in [5.41, 5.74) is 6.09. The highest BCUT2D eigenvalue weighted by atomic mass is 79.9. The number of nitrogens with two attached hydrogens (primary N) is 1. The number of amides is 1. The van der Waals surface area contributed by atoms with Crippen LogP contribution in [-0.2, 0) is 11.3 Å². The first kappa shape index (κ1) is 14.1. The van der Waals surface area contributed by atoms with Gasteiger partial charge in [0.25, 0.3) is 0 Å². The molecule has 5 nitrogen and oxygen atoms in total. The van der Waals surface area contributed by atoms with Gasteiger partial charge in [0.2, 0.25) is 5.91 Å². The van der Waals surface area contributed by atoms with Crippen LogP contribution < -0.4 is 20.5 Å². The van der Waals surface area contributed by atoms with Gasteiger partial charge in [0, 0.05) is 11.0 Å². The van der Waals surface area contributed by atoms with Crippen molar-refractivity contribution in [3.8, 4) is 11.5 Å². The van der Waals surface area contributed by atoms with E-state index in [9.17, 15) is 4.79 Å². The van der Waals surface area contributed by atoms with Crippen LogP contribution in [0, 0.1) is 0 Å². The minimum absolute atomic E-state index is 0.103. The van der Waals surface area contributed by atoms with Crippen molar-refractivity contribution in [3.63, 3.8) is 0 Å². The third-order valence-electron chi connectivity index (χ3n) is 3.23. The van der Waals surface area contributed by atoms with E-state index in [4.69, 9.17) is 15.2 Å². The van der Waals surface area contributed by atoms with E-state index in [2.05, 4.69) is 21.2 Å². The maximum absolute atomic E-state index is 11.8. The van der Waals surface area contributed by atoms with Crippen molar-refractivity contribution in [1.29, 1.82) is 0 Å². The number of halogens is 1. The Morgan fingerprint density at radius 1 is 1.37 bits per heavy atom. The Hall–Kier alpha value is -1.27. The van der Waals surface area contributed by atoms with Crippen LogP contribution in [0.1, 0.15) is 18.4 Å². The lowest BCUT2D eigenvalue weighted by Gasteiger charge is -2.14. The molecule has 3 N–H and O–H groups in total. The Balaban J connectivity index is 2.09. The van der Waals surface area contributed by atoms with E-state index in [1.807, 2.05) is 12.1 Å². The number of carbonyl (C=O) groups is 1. The Bertz CT molecular complexity index is 501. The number of hydrogen-bond donors (Lipinski definition) is 2. The number of carbonyl (C=O) groups excluding carboxylic acids is 1. The molecule has 0 bridgehead atoms. The molecule has 1 aliphatic carbocycles. The fourth-order valence-corrected chi connectivity index (χ4v) is 2.21. The Kier molecular flexibility index (Phi) is 4.01. The van der Waals surface area contributed by atoms with Crippen LogP contribution in [-0.4, -0.2) is 25.7 Å². The number of rotatable bonds is 5. The maximum Gasteiger partial charge on any atom is 0.240 e. The summed E-state index contributed by atoms with van der Waals surface area (Å²) in [6.45, 7) is 0.402. The summed E-state index contributed by atoms with van der Waals surface area (Å²) in [6, 6.07) is 3.65. The fraction of sp³-hybridized carbons (Fsp3) is 0.462. The molecule has 1 saturated carbocycles. The zero-order valence-electron chi connectivity index (χ0n) is 11.0. The van der Waals surface area contributed by atoms with E-state index in [-0.39, 0.29) is 5.91 Å². The molecule has 1 fully saturated rings. The molecule has 1 amide bonds. The van der Waals surface area contributed by atoms with Crippen molar-refractivity contribution >= 4 is 21.8 Å². The highest BCUT2D eigenvalue weighted by molar-refractivity contribution is 9.10. The van der Waals surface area contributed by atoms with Crippen molar-refractivity contribution in [2.24, 2.45) is 5.73 Å². The predicted octanol–water partition coefficient (Wildman–Crippen LogP) is 1.57. The summed E-state index contributed by atoms with van der Waals surface area (Å²) in [6.07, 6.45) is 1.51. The predicted molar refractivity (Wildman–Crippen MR) is 75.2 cm³/mol. The van der Waals surface area contributed by atoms with Crippen molar-refractivity contribution < 1.29 is 14.3 Å². The molecule has 0 heterocycles. The van der Waals surface area contributed by atoms with Crippen LogP contribution in [0.4, 0.5) is 0 Å². The molecule has 0 unspecified atom stereocenters. The third kappa shape index (κ3) is 3.01. The van der Waals surface area contributed by atoms with Crippen LogP contribution in [0.3, 0.4) is 0 Å². The lowest BCUT2D eigenvalue weighted by Crippen LogP contribution is -2.42. The highest BCUT2D eigenvalue weighted by Crippen LogP contribution is 2.34. The van der Waals surface area contributed by atoms with Crippen LogP contribution in [0.5, 0.6) is 11.5 Å². The molecule has 0 spiro atoms. The van der Waals surface area contributed by atoms with Crippen LogP contribution in [0.25, 0.3) is 0 Å². The third-order valence-corrected chi connectivity index (χ3v) is 3.97. The molecule has 2 rings (SSSR count). The van der Waals surface area contributed by atoms with Gasteiger partial charge in [0.15, 0.2) is 11.5 Å². The number of ether oxygens (including phenoxy) is 2. The molecule has 0 atom stereocenters. The molecular formula is C13H17BrN2O3. The zero-order valence-corrected chi connectivity index (χ0v) is 12.5. The highest BCUT2D eigenvalue weighted by Gasteiger charge is 2.45. The average Bonchev–Trinajstić information content (AvgIpc) is 3.15. The summed E-state index contributed by atoms with van der Waals surface area (Å²) in [5, 5.41) is 2.84. The van der Waals surface area contributed by atoms with Gasteiger partial charge in [-0.15, -0.1) is 0 Å². The zero-order chi connectivity index (χ0) is 14.0. The maximum atomic E-state index is 11.8. The van der Waals surface area contributed by atoms with Gasteiger partial charge in [-0.1, -0.05) is 15.9 Å². The Labute approximate surface area is 120 Å². The van der Waals surface area contributed by atoms with Crippen molar-refractivity contribution in [1.82, 2.24) is 5.32 Å². The van der Waals surface area contributed by atoms with E-state index in [0.717, 1.165) is 22.9 Å². The normalized spacial score (nSPS) is 15.8. The van der Waals surface area contributed by atoms with E-state index >= 15 is 0 Å². The van der Waals surface area contributed by atoms with Gasteiger partial charge in [0.1, 0.15) is 0 Å². The number of methoxy groups -OCH3 is 2. The molecule has 0 radical (unpaired) electrons. The van der Waals surface area contributed by atoms with E-state index in [1.165, 1.54) is 0 Å². The minimum atomic E-state index is -0.650. The smallest absolute Gasteiger partial charge is 0.240 e. The van der Waals surface area contributed by atoms with Gasteiger partial charge in [-0.25, -0.2) is 0 Å². The molecule has 1 aromatic carbocycles. The van der Waals surface area contributed by atoms with Gasteiger partial charge >= 0.3 is 0 Å². The van der Waals surface area contributed by atoms with Gasteiger partial charge in [-0.2, -0.15) is 0 Å².